The van der Waals surface area contributed by atoms with E-state index in [2.05, 4.69) is 11.0 Å². The number of piperidine rings is 1. The van der Waals surface area contributed by atoms with Gasteiger partial charge >= 0.3 is 0 Å². The van der Waals surface area contributed by atoms with Crippen molar-refractivity contribution in [3.63, 3.8) is 0 Å². The van der Waals surface area contributed by atoms with Crippen molar-refractivity contribution >= 4 is 11.8 Å². The molecule has 2 saturated heterocycles. The van der Waals surface area contributed by atoms with E-state index in [0.29, 0.717) is 68.2 Å². The number of nitrogens with zero attached hydrogens (tertiary/aromatic N) is 3. The fourth-order valence-electron chi connectivity index (χ4n) is 5.66. The van der Waals surface area contributed by atoms with Crippen LogP contribution in [0.1, 0.15) is 68.3 Å². The molecule has 214 valence electrons. The molecule has 0 aliphatic carbocycles. The molecule has 2 aromatic carbocycles. The Kier molecular flexibility index (Phi) is 9.41. The van der Waals surface area contributed by atoms with Crippen molar-refractivity contribution in [1.82, 2.24) is 9.80 Å². The van der Waals surface area contributed by atoms with E-state index < -0.39 is 29.3 Å². The minimum atomic E-state index is -1.13. The number of carbonyl (C=O) groups is 2. The summed E-state index contributed by atoms with van der Waals surface area (Å²) in [4.78, 5) is 28.1. The second kappa shape index (κ2) is 12.8. The van der Waals surface area contributed by atoms with E-state index in [1.165, 1.54) is 17.0 Å². The fourth-order valence-corrected chi connectivity index (χ4v) is 5.66. The van der Waals surface area contributed by atoms with Gasteiger partial charge in [0.25, 0.3) is 5.91 Å². The number of benzene rings is 2. The van der Waals surface area contributed by atoms with Crippen molar-refractivity contribution in [3.8, 4) is 22.9 Å². The quantitative estimate of drug-likeness (QED) is 0.444. The molecule has 40 heavy (non-hydrogen) atoms. The molecular formula is C31H38F2N4O3. The molecule has 1 atom stereocenters. The maximum absolute atomic E-state index is 15.1. The highest BCUT2D eigenvalue weighted by molar-refractivity contribution is 5.98. The molecule has 2 amide bonds. The van der Waals surface area contributed by atoms with E-state index in [9.17, 15) is 19.2 Å². The third-order valence-corrected chi connectivity index (χ3v) is 8.43. The molecule has 1 unspecified atom stereocenters. The van der Waals surface area contributed by atoms with Gasteiger partial charge in [-0.05, 0) is 87.4 Å². The number of nitrogens with two attached hydrogens (primary N) is 1. The lowest BCUT2D eigenvalue weighted by Crippen LogP contribution is -2.44. The van der Waals surface area contributed by atoms with Gasteiger partial charge in [-0.25, -0.2) is 8.78 Å². The molecule has 0 saturated carbocycles. The van der Waals surface area contributed by atoms with Crippen molar-refractivity contribution in [1.29, 1.82) is 5.26 Å². The van der Waals surface area contributed by atoms with Crippen molar-refractivity contribution in [3.05, 3.63) is 53.3 Å². The van der Waals surface area contributed by atoms with Gasteiger partial charge in [-0.3, -0.25) is 9.59 Å². The van der Waals surface area contributed by atoms with E-state index in [4.69, 9.17) is 10.5 Å². The van der Waals surface area contributed by atoms with Crippen LogP contribution in [0.25, 0.3) is 11.1 Å². The number of amides is 2. The highest BCUT2D eigenvalue weighted by atomic mass is 19.1. The van der Waals surface area contributed by atoms with E-state index in [1.807, 2.05) is 13.8 Å². The van der Waals surface area contributed by atoms with Crippen LogP contribution in [0.4, 0.5) is 8.78 Å². The van der Waals surface area contributed by atoms with Crippen LogP contribution in [0.5, 0.6) is 5.75 Å². The molecule has 2 aromatic rings. The summed E-state index contributed by atoms with van der Waals surface area (Å²) >= 11 is 0. The molecular weight excluding hydrogens is 514 g/mol. The Morgan fingerprint density at radius 3 is 2.45 bits per heavy atom. The summed E-state index contributed by atoms with van der Waals surface area (Å²) < 4.78 is 35.9. The molecule has 2 aliphatic rings. The van der Waals surface area contributed by atoms with E-state index in [-0.39, 0.29) is 11.1 Å². The Balaban J connectivity index is 1.38. The van der Waals surface area contributed by atoms with E-state index in [0.717, 1.165) is 32.0 Å². The van der Waals surface area contributed by atoms with Crippen LogP contribution in [0.15, 0.2) is 36.4 Å². The molecule has 9 heteroatoms. The highest BCUT2D eigenvalue weighted by Gasteiger charge is 2.33. The number of ether oxygens (including phenoxy) is 1. The normalized spacial score (nSPS) is 18.5. The molecule has 2 fully saturated rings. The lowest BCUT2D eigenvalue weighted by Gasteiger charge is -2.36. The average Bonchev–Trinajstić information content (AvgIpc) is 3.47. The summed E-state index contributed by atoms with van der Waals surface area (Å²) in [6.07, 6.45) is 4.00. The predicted octanol–water partition coefficient (Wildman–Crippen LogP) is 5.07. The number of likely N-dealkylation sites (tertiary alicyclic amines) is 2. The first-order chi connectivity index (χ1) is 19.2. The Bertz CT molecular complexity index is 1270. The van der Waals surface area contributed by atoms with Crippen LogP contribution >= 0.6 is 0 Å². The van der Waals surface area contributed by atoms with Gasteiger partial charge in [0.1, 0.15) is 29.3 Å². The second-order valence-electron chi connectivity index (χ2n) is 11.0. The summed E-state index contributed by atoms with van der Waals surface area (Å²) in [5, 5.41) is 9.74. The molecule has 7 nitrogen and oxygen atoms in total. The maximum Gasteiger partial charge on any atom is 0.254 e. The largest absolute Gasteiger partial charge is 0.492 e. The summed E-state index contributed by atoms with van der Waals surface area (Å²) in [6, 6.07) is 10.6. The van der Waals surface area contributed by atoms with Gasteiger partial charge in [-0.1, -0.05) is 26.0 Å². The Labute approximate surface area is 234 Å². The van der Waals surface area contributed by atoms with E-state index >= 15 is 4.39 Å². The zero-order valence-electron chi connectivity index (χ0n) is 23.3. The van der Waals surface area contributed by atoms with Crippen LogP contribution in [-0.2, 0) is 4.79 Å². The molecule has 0 bridgehead atoms. The molecule has 0 radical (unpaired) electrons. The Morgan fingerprint density at radius 1 is 1.10 bits per heavy atom. The summed E-state index contributed by atoms with van der Waals surface area (Å²) in [6.45, 7) is 6.75. The van der Waals surface area contributed by atoms with Gasteiger partial charge in [0.05, 0.1) is 12.2 Å². The summed E-state index contributed by atoms with van der Waals surface area (Å²) in [5.74, 6) is -0.849. The molecule has 0 aromatic heterocycles. The van der Waals surface area contributed by atoms with Gasteiger partial charge in [-0.15, -0.1) is 0 Å². The number of rotatable bonds is 10. The van der Waals surface area contributed by atoms with Gasteiger partial charge in [0.15, 0.2) is 0 Å². The zero-order valence-corrected chi connectivity index (χ0v) is 23.3. The number of primary amides is 1. The van der Waals surface area contributed by atoms with Crippen LogP contribution in [0.2, 0.25) is 0 Å². The number of halogens is 2. The van der Waals surface area contributed by atoms with Crippen molar-refractivity contribution in [2.75, 3.05) is 32.8 Å². The topological polar surface area (TPSA) is 99.7 Å². The predicted molar refractivity (Wildman–Crippen MR) is 149 cm³/mol. The van der Waals surface area contributed by atoms with Crippen molar-refractivity contribution < 1.29 is 23.1 Å². The van der Waals surface area contributed by atoms with Crippen LogP contribution < -0.4 is 10.5 Å². The minimum Gasteiger partial charge on any atom is -0.492 e. The van der Waals surface area contributed by atoms with Crippen molar-refractivity contribution in [2.45, 2.75) is 64.1 Å². The maximum atomic E-state index is 15.1. The van der Waals surface area contributed by atoms with E-state index in [1.54, 1.807) is 18.2 Å². The van der Waals surface area contributed by atoms with Gasteiger partial charge < -0.3 is 20.3 Å². The third kappa shape index (κ3) is 6.61. The third-order valence-electron chi connectivity index (χ3n) is 8.43. The van der Waals surface area contributed by atoms with Gasteiger partial charge in [0, 0.05) is 24.2 Å². The highest BCUT2D eigenvalue weighted by Crippen LogP contribution is 2.31. The molecule has 2 heterocycles. The first-order valence-corrected chi connectivity index (χ1v) is 14.2. The summed E-state index contributed by atoms with van der Waals surface area (Å²) in [5.41, 5.74) is 5.46. The Hall–Kier alpha value is -3.51. The second-order valence-corrected chi connectivity index (χ2v) is 11.0. The number of nitriles is 1. The molecule has 2 aliphatic heterocycles. The minimum absolute atomic E-state index is 0.141. The smallest absolute Gasteiger partial charge is 0.254 e. The average molecular weight is 553 g/mol. The zero-order chi connectivity index (χ0) is 28.9. The van der Waals surface area contributed by atoms with Gasteiger partial charge in [0.2, 0.25) is 5.91 Å². The summed E-state index contributed by atoms with van der Waals surface area (Å²) in [7, 11) is 0. The van der Waals surface area contributed by atoms with Crippen LogP contribution in [0, 0.1) is 23.1 Å². The number of alkyl halides is 1. The van der Waals surface area contributed by atoms with Crippen LogP contribution in [0.3, 0.4) is 0 Å². The van der Waals surface area contributed by atoms with Crippen molar-refractivity contribution in [2.24, 2.45) is 11.7 Å². The fraction of sp³-hybridized carbons (Fsp3) is 0.516. The molecule has 4 rings (SSSR count). The standard InChI is InChI=1S/C31H38F2N4O3/c1-3-31(33,4-2)20-36-14-11-21(12-15-36)19-40-28-10-8-22(16-24(28)18-34)25-9-7-23(17-26(25)32)30(39)37-13-5-6-27(37)29(35)38/h7-10,16-17,21,27H,3-6,11-15,19-20H2,1-2H3,(H2,35,38). The first kappa shape index (κ1) is 29.5. The van der Waals surface area contributed by atoms with Crippen LogP contribution in [-0.4, -0.2) is 66.1 Å². The lowest BCUT2D eigenvalue weighted by atomic mass is 9.94. The Morgan fingerprint density at radius 2 is 1.82 bits per heavy atom. The molecule has 2 N–H and O–H groups in total. The molecule has 0 spiro atoms. The van der Waals surface area contributed by atoms with Gasteiger partial charge in [-0.2, -0.15) is 5.26 Å². The SMILES string of the molecule is CCC(F)(CC)CN1CCC(COc2ccc(-c3ccc(C(=O)N4CCCC4C(N)=O)cc3F)cc2C#N)CC1. The number of hydrogen-bond acceptors (Lipinski definition) is 5. The lowest BCUT2D eigenvalue weighted by molar-refractivity contribution is -0.121. The number of carbonyl (C=O) groups excluding carboxylic acids is 2. The number of hydrogen-bond donors (Lipinski definition) is 1. The monoisotopic (exact) mass is 552 g/mol. The first-order valence-electron chi connectivity index (χ1n) is 14.2.